The molecule has 0 fully saturated rings. The second kappa shape index (κ2) is 4.88. The standard InChI is InChI=1S/C14H23NO/c1-10-8-12(3)13(9-11(10)2)16-7-6-14(4,5)15/h8-9H,6-7,15H2,1-5H3. The van der Waals surface area contributed by atoms with Gasteiger partial charge in [-0.2, -0.15) is 0 Å². The van der Waals surface area contributed by atoms with Crippen molar-refractivity contribution in [2.45, 2.75) is 46.6 Å². The Hall–Kier alpha value is -1.02. The molecule has 0 heterocycles. The van der Waals surface area contributed by atoms with E-state index >= 15 is 0 Å². The molecule has 0 saturated carbocycles. The summed E-state index contributed by atoms with van der Waals surface area (Å²) in [6, 6.07) is 4.27. The molecular weight excluding hydrogens is 198 g/mol. The molecule has 0 bridgehead atoms. The molecule has 1 aromatic rings. The maximum Gasteiger partial charge on any atom is 0.122 e. The van der Waals surface area contributed by atoms with Crippen molar-refractivity contribution in [2.24, 2.45) is 5.73 Å². The van der Waals surface area contributed by atoms with Gasteiger partial charge in [0.2, 0.25) is 0 Å². The van der Waals surface area contributed by atoms with Crippen molar-refractivity contribution in [3.05, 3.63) is 28.8 Å². The van der Waals surface area contributed by atoms with Gasteiger partial charge in [0.25, 0.3) is 0 Å². The molecule has 16 heavy (non-hydrogen) atoms. The van der Waals surface area contributed by atoms with Crippen LogP contribution in [0.25, 0.3) is 0 Å². The van der Waals surface area contributed by atoms with E-state index in [1.54, 1.807) is 0 Å². The van der Waals surface area contributed by atoms with Gasteiger partial charge < -0.3 is 10.5 Å². The molecule has 2 heteroatoms. The lowest BCUT2D eigenvalue weighted by Crippen LogP contribution is -2.33. The van der Waals surface area contributed by atoms with Crippen molar-refractivity contribution in [1.29, 1.82) is 0 Å². The zero-order valence-electron chi connectivity index (χ0n) is 11.1. The predicted molar refractivity (Wildman–Crippen MR) is 69.0 cm³/mol. The van der Waals surface area contributed by atoms with Crippen molar-refractivity contribution >= 4 is 0 Å². The maximum absolute atomic E-state index is 5.91. The highest BCUT2D eigenvalue weighted by Gasteiger charge is 2.11. The van der Waals surface area contributed by atoms with Gasteiger partial charge in [0, 0.05) is 5.54 Å². The SMILES string of the molecule is Cc1cc(C)c(OCCC(C)(C)N)cc1C. The molecule has 0 radical (unpaired) electrons. The van der Waals surface area contributed by atoms with Crippen molar-refractivity contribution in [3.63, 3.8) is 0 Å². The summed E-state index contributed by atoms with van der Waals surface area (Å²) < 4.78 is 5.77. The van der Waals surface area contributed by atoms with E-state index in [9.17, 15) is 0 Å². The van der Waals surface area contributed by atoms with E-state index < -0.39 is 0 Å². The lowest BCUT2D eigenvalue weighted by molar-refractivity contribution is 0.272. The number of nitrogens with two attached hydrogens (primary N) is 1. The number of ether oxygens (including phenoxy) is 1. The van der Waals surface area contributed by atoms with Crippen LogP contribution in [0, 0.1) is 20.8 Å². The molecule has 1 aromatic carbocycles. The van der Waals surface area contributed by atoms with Crippen molar-refractivity contribution in [3.8, 4) is 5.75 Å². The number of benzene rings is 1. The summed E-state index contributed by atoms with van der Waals surface area (Å²) in [5.74, 6) is 0.979. The van der Waals surface area contributed by atoms with Gasteiger partial charge in [-0.1, -0.05) is 6.07 Å². The molecule has 1 rings (SSSR count). The Morgan fingerprint density at radius 1 is 1.06 bits per heavy atom. The predicted octanol–water partition coefficient (Wildman–Crippen LogP) is 3.12. The van der Waals surface area contributed by atoms with Gasteiger partial charge in [-0.15, -0.1) is 0 Å². The fourth-order valence-electron chi connectivity index (χ4n) is 1.51. The summed E-state index contributed by atoms with van der Waals surface area (Å²) in [7, 11) is 0. The van der Waals surface area contributed by atoms with Gasteiger partial charge in [-0.25, -0.2) is 0 Å². The lowest BCUT2D eigenvalue weighted by atomic mass is 10.0. The third kappa shape index (κ3) is 3.86. The summed E-state index contributed by atoms with van der Waals surface area (Å²) in [5.41, 5.74) is 9.53. The van der Waals surface area contributed by atoms with E-state index in [0.29, 0.717) is 6.61 Å². The van der Waals surface area contributed by atoms with Crippen LogP contribution in [0.5, 0.6) is 5.75 Å². The van der Waals surface area contributed by atoms with Crippen LogP contribution < -0.4 is 10.5 Å². The van der Waals surface area contributed by atoms with Gasteiger partial charge in [-0.3, -0.25) is 0 Å². The topological polar surface area (TPSA) is 35.2 Å². The Morgan fingerprint density at radius 3 is 2.19 bits per heavy atom. The van der Waals surface area contributed by atoms with E-state index in [-0.39, 0.29) is 5.54 Å². The normalized spacial score (nSPS) is 11.6. The average molecular weight is 221 g/mol. The second-order valence-electron chi connectivity index (χ2n) is 5.29. The van der Waals surface area contributed by atoms with Gasteiger partial charge in [0.05, 0.1) is 6.61 Å². The number of aryl methyl sites for hydroxylation is 3. The minimum absolute atomic E-state index is 0.159. The monoisotopic (exact) mass is 221 g/mol. The molecule has 0 spiro atoms. The number of hydrogen-bond donors (Lipinski definition) is 1. The summed E-state index contributed by atoms with van der Waals surface area (Å²) in [6.45, 7) is 11.0. The zero-order valence-corrected chi connectivity index (χ0v) is 11.1. The van der Waals surface area contributed by atoms with E-state index in [2.05, 4.69) is 32.9 Å². The third-order valence-corrected chi connectivity index (χ3v) is 2.80. The van der Waals surface area contributed by atoms with E-state index in [0.717, 1.165) is 12.2 Å². The van der Waals surface area contributed by atoms with Crippen molar-refractivity contribution in [2.75, 3.05) is 6.61 Å². The van der Waals surface area contributed by atoms with Gasteiger partial charge in [0.1, 0.15) is 5.75 Å². The molecule has 0 aromatic heterocycles. The molecule has 2 nitrogen and oxygen atoms in total. The van der Waals surface area contributed by atoms with Gasteiger partial charge >= 0.3 is 0 Å². The minimum Gasteiger partial charge on any atom is -0.493 e. The molecule has 0 aliphatic rings. The highest BCUT2D eigenvalue weighted by Crippen LogP contribution is 2.22. The van der Waals surface area contributed by atoms with E-state index in [1.165, 1.54) is 16.7 Å². The molecule has 2 N–H and O–H groups in total. The summed E-state index contributed by atoms with van der Waals surface area (Å²) >= 11 is 0. The van der Waals surface area contributed by atoms with E-state index in [1.807, 2.05) is 13.8 Å². The van der Waals surface area contributed by atoms with Crippen LogP contribution in [0.3, 0.4) is 0 Å². The Labute approximate surface area is 98.8 Å². The zero-order chi connectivity index (χ0) is 12.3. The first kappa shape index (κ1) is 13.0. The average Bonchev–Trinajstić information content (AvgIpc) is 2.11. The number of rotatable bonds is 4. The van der Waals surface area contributed by atoms with Crippen LogP contribution in [-0.2, 0) is 0 Å². The molecule has 0 aliphatic carbocycles. The van der Waals surface area contributed by atoms with Crippen molar-refractivity contribution < 1.29 is 4.74 Å². The van der Waals surface area contributed by atoms with Gasteiger partial charge in [0.15, 0.2) is 0 Å². The first-order valence-electron chi connectivity index (χ1n) is 5.79. The highest BCUT2D eigenvalue weighted by molar-refractivity contribution is 5.40. The van der Waals surface area contributed by atoms with Gasteiger partial charge in [-0.05, 0) is 63.8 Å². The first-order valence-corrected chi connectivity index (χ1v) is 5.79. The smallest absolute Gasteiger partial charge is 0.122 e. The lowest BCUT2D eigenvalue weighted by Gasteiger charge is -2.19. The van der Waals surface area contributed by atoms with E-state index in [4.69, 9.17) is 10.5 Å². The number of hydrogen-bond acceptors (Lipinski definition) is 2. The Bertz CT molecular complexity index is 364. The first-order chi connectivity index (χ1) is 7.29. The molecule has 0 aliphatic heterocycles. The summed E-state index contributed by atoms with van der Waals surface area (Å²) in [4.78, 5) is 0. The minimum atomic E-state index is -0.159. The quantitative estimate of drug-likeness (QED) is 0.848. The Kier molecular flexibility index (Phi) is 3.98. The van der Waals surface area contributed by atoms with Crippen LogP contribution in [-0.4, -0.2) is 12.1 Å². The summed E-state index contributed by atoms with van der Waals surface area (Å²) in [5, 5.41) is 0. The maximum atomic E-state index is 5.91. The summed E-state index contributed by atoms with van der Waals surface area (Å²) in [6.07, 6.45) is 0.860. The molecule has 90 valence electrons. The molecule has 0 atom stereocenters. The molecule has 0 saturated heterocycles. The van der Waals surface area contributed by atoms with Crippen LogP contribution >= 0.6 is 0 Å². The molecular formula is C14H23NO. The second-order valence-corrected chi connectivity index (χ2v) is 5.29. The van der Waals surface area contributed by atoms with Crippen LogP contribution in [0.4, 0.5) is 0 Å². The highest BCUT2D eigenvalue weighted by atomic mass is 16.5. The van der Waals surface area contributed by atoms with Crippen molar-refractivity contribution in [1.82, 2.24) is 0 Å². The Morgan fingerprint density at radius 2 is 1.62 bits per heavy atom. The largest absolute Gasteiger partial charge is 0.493 e. The van der Waals surface area contributed by atoms with Crippen LogP contribution in [0.1, 0.15) is 37.0 Å². The fraction of sp³-hybridized carbons (Fsp3) is 0.571. The molecule has 0 amide bonds. The van der Waals surface area contributed by atoms with Crippen LogP contribution in [0.15, 0.2) is 12.1 Å². The Balaban J connectivity index is 2.64. The van der Waals surface area contributed by atoms with Crippen LogP contribution in [0.2, 0.25) is 0 Å². The molecule has 0 unspecified atom stereocenters. The fourth-order valence-corrected chi connectivity index (χ4v) is 1.51. The third-order valence-electron chi connectivity index (χ3n) is 2.80.